The normalized spacial score (nSPS) is 17.0. The van der Waals surface area contributed by atoms with Gasteiger partial charge < -0.3 is 24.3 Å². The Morgan fingerprint density at radius 1 is 1.17 bits per heavy atom. The lowest BCUT2D eigenvalue weighted by molar-refractivity contribution is -0.133. The molecule has 2 amide bonds. The molecular weight excluding hydrogens is 516 g/mol. The molecule has 10 heteroatoms. The molecule has 1 aliphatic rings. The van der Waals surface area contributed by atoms with Crippen LogP contribution in [0.5, 0.6) is 5.75 Å². The van der Waals surface area contributed by atoms with Crippen LogP contribution in [0.4, 0.5) is 0 Å². The number of fused-ring (bicyclic) bond motifs is 1. The minimum atomic E-state index is -1.28. The Hall–Kier alpha value is -3.66. The van der Waals surface area contributed by atoms with E-state index >= 15 is 0 Å². The number of nitrogens with one attached hydrogen (secondary N) is 1. The van der Waals surface area contributed by atoms with Crippen LogP contribution in [0.15, 0.2) is 59.3 Å². The molecule has 9 nitrogen and oxygen atoms in total. The molecule has 0 bridgehead atoms. The van der Waals surface area contributed by atoms with Gasteiger partial charge in [-0.2, -0.15) is 0 Å². The number of benzene rings is 2. The number of aromatic nitrogens is 2. The highest BCUT2D eigenvalue weighted by Gasteiger charge is 2.49. The number of imidazole rings is 1. The van der Waals surface area contributed by atoms with Crippen LogP contribution in [-0.4, -0.2) is 52.0 Å². The van der Waals surface area contributed by atoms with E-state index in [0.29, 0.717) is 17.9 Å². The highest BCUT2D eigenvalue weighted by molar-refractivity contribution is 9.10. The monoisotopic (exact) mass is 540 g/mol. The summed E-state index contributed by atoms with van der Waals surface area (Å²) in [7, 11) is 2.77. The summed E-state index contributed by atoms with van der Waals surface area (Å²) in [6.45, 7) is 2.19. The minimum absolute atomic E-state index is 0.0719. The van der Waals surface area contributed by atoms with Crippen molar-refractivity contribution in [2.45, 2.75) is 32.1 Å². The molecule has 1 aromatic heterocycles. The van der Waals surface area contributed by atoms with Crippen LogP contribution >= 0.6 is 15.9 Å². The zero-order chi connectivity index (χ0) is 25.2. The predicted octanol–water partition coefficient (Wildman–Crippen LogP) is 3.17. The number of halogens is 1. The maximum atomic E-state index is 13.8. The molecule has 182 valence electrons. The quantitative estimate of drug-likeness (QED) is 0.461. The number of hydrogen-bond donors (Lipinski definition) is 1. The molecule has 1 unspecified atom stereocenters. The Morgan fingerprint density at radius 2 is 1.91 bits per heavy atom. The minimum Gasteiger partial charge on any atom is -0.496 e. The molecule has 1 atom stereocenters. The number of esters is 1. The van der Waals surface area contributed by atoms with Crippen LogP contribution in [0.25, 0.3) is 0 Å². The molecule has 1 aliphatic heterocycles. The Balaban J connectivity index is 1.74. The van der Waals surface area contributed by atoms with Crippen LogP contribution in [0.3, 0.4) is 0 Å². The molecule has 35 heavy (non-hydrogen) atoms. The maximum Gasteiger partial charge on any atom is 0.359 e. The lowest BCUT2D eigenvalue weighted by Crippen LogP contribution is -2.63. The SMILES string of the molecule is COC(=O)c1ncn2c1C(=O)N(Cc1cc(Br)ccc1OC)C(C)(C(=O)NCc1ccccc1)C2. The van der Waals surface area contributed by atoms with Crippen molar-refractivity contribution in [1.29, 1.82) is 0 Å². The van der Waals surface area contributed by atoms with Gasteiger partial charge in [-0.15, -0.1) is 0 Å². The van der Waals surface area contributed by atoms with Gasteiger partial charge in [-0.1, -0.05) is 46.3 Å². The molecule has 0 spiro atoms. The van der Waals surface area contributed by atoms with E-state index in [-0.39, 0.29) is 30.4 Å². The summed E-state index contributed by atoms with van der Waals surface area (Å²) < 4.78 is 12.6. The molecule has 0 aliphatic carbocycles. The molecule has 0 saturated heterocycles. The van der Waals surface area contributed by atoms with E-state index in [1.54, 1.807) is 20.1 Å². The highest BCUT2D eigenvalue weighted by Crippen LogP contribution is 2.33. The fourth-order valence-corrected chi connectivity index (χ4v) is 4.60. The third kappa shape index (κ3) is 4.66. The fourth-order valence-electron chi connectivity index (χ4n) is 4.19. The second-order valence-corrected chi connectivity index (χ2v) is 9.27. The number of carbonyl (C=O) groups is 3. The smallest absolute Gasteiger partial charge is 0.359 e. The van der Waals surface area contributed by atoms with E-state index in [1.165, 1.54) is 22.9 Å². The van der Waals surface area contributed by atoms with E-state index in [1.807, 2.05) is 42.5 Å². The van der Waals surface area contributed by atoms with E-state index in [4.69, 9.17) is 9.47 Å². The van der Waals surface area contributed by atoms with Crippen molar-refractivity contribution >= 4 is 33.7 Å². The van der Waals surface area contributed by atoms with E-state index in [2.05, 4.69) is 26.2 Å². The van der Waals surface area contributed by atoms with E-state index in [9.17, 15) is 14.4 Å². The second-order valence-electron chi connectivity index (χ2n) is 8.35. The predicted molar refractivity (Wildman–Crippen MR) is 131 cm³/mol. The van der Waals surface area contributed by atoms with Gasteiger partial charge >= 0.3 is 5.97 Å². The summed E-state index contributed by atoms with van der Waals surface area (Å²) in [6, 6.07) is 15.0. The van der Waals surface area contributed by atoms with Gasteiger partial charge in [0.05, 0.1) is 33.6 Å². The first-order valence-electron chi connectivity index (χ1n) is 10.9. The molecule has 0 fully saturated rings. The van der Waals surface area contributed by atoms with Crippen molar-refractivity contribution in [3.63, 3.8) is 0 Å². The number of hydrogen-bond acceptors (Lipinski definition) is 6. The van der Waals surface area contributed by atoms with Gasteiger partial charge in [-0.25, -0.2) is 9.78 Å². The topological polar surface area (TPSA) is 103 Å². The van der Waals surface area contributed by atoms with Crippen molar-refractivity contribution in [3.8, 4) is 5.75 Å². The van der Waals surface area contributed by atoms with Gasteiger partial charge in [0.15, 0.2) is 5.69 Å². The fraction of sp³-hybridized carbons (Fsp3) is 0.280. The first kappa shape index (κ1) is 24.5. The summed E-state index contributed by atoms with van der Waals surface area (Å²) in [4.78, 5) is 45.3. The van der Waals surface area contributed by atoms with Gasteiger partial charge in [0.1, 0.15) is 17.0 Å². The number of rotatable bonds is 7. The zero-order valence-electron chi connectivity index (χ0n) is 19.6. The van der Waals surface area contributed by atoms with E-state index < -0.39 is 17.4 Å². The summed E-state index contributed by atoms with van der Waals surface area (Å²) >= 11 is 3.46. The summed E-state index contributed by atoms with van der Waals surface area (Å²) in [5.74, 6) is -0.985. The number of carbonyl (C=O) groups excluding carboxylic acids is 3. The average Bonchev–Trinajstić information content (AvgIpc) is 3.29. The molecular formula is C25H25BrN4O5. The van der Waals surface area contributed by atoms with Crippen molar-refractivity contribution in [3.05, 3.63) is 81.8 Å². The lowest BCUT2D eigenvalue weighted by atomic mass is 9.93. The van der Waals surface area contributed by atoms with Crippen molar-refractivity contribution in [2.75, 3.05) is 14.2 Å². The van der Waals surface area contributed by atoms with Crippen LogP contribution in [0.2, 0.25) is 0 Å². The zero-order valence-corrected chi connectivity index (χ0v) is 21.2. The Bertz CT molecular complexity index is 1280. The average molecular weight is 541 g/mol. The molecule has 1 N–H and O–H groups in total. The highest BCUT2D eigenvalue weighted by atomic mass is 79.9. The Morgan fingerprint density at radius 3 is 2.60 bits per heavy atom. The van der Waals surface area contributed by atoms with Gasteiger partial charge in [0.2, 0.25) is 5.91 Å². The van der Waals surface area contributed by atoms with Crippen LogP contribution < -0.4 is 10.1 Å². The molecule has 0 radical (unpaired) electrons. The van der Waals surface area contributed by atoms with Gasteiger partial charge in [0.25, 0.3) is 5.91 Å². The molecule has 0 saturated carbocycles. The molecule has 3 aromatic rings. The third-order valence-corrected chi connectivity index (χ3v) is 6.59. The van der Waals surface area contributed by atoms with Gasteiger partial charge in [0, 0.05) is 16.6 Å². The first-order chi connectivity index (χ1) is 16.8. The largest absolute Gasteiger partial charge is 0.496 e. The van der Waals surface area contributed by atoms with Crippen LogP contribution in [-0.2, 0) is 29.2 Å². The Labute approximate surface area is 211 Å². The number of ether oxygens (including phenoxy) is 2. The van der Waals surface area contributed by atoms with Crippen LogP contribution in [0, 0.1) is 0 Å². The number of amides is 2. The maximum absolute atomic E-state index is 13.8. The standard InChI is InChI=1S/C25H25BrN4O5/c1-25(24(33)27-12-16-7-5-4-6-8-16)14-29-15-28-20(23(32)35-3)21(29)22(31)30(25)13-17-11-18(26)9-10-19(17)34-2/h4-11,15H,12-14H2,1-3H3,(H,27,33). The lowest BCUT2D eigenvalue weighted by Gasteiger charge is -2.44. The Kier molecular flexibility index (Phi) is 6.93. The van der Waals surface area contributed by atoms with Gasteiger partial charge in [-0.3, -0.25) is 9.59 Å². The number of nitrogens with zero attached hydrogens (tertiary/aromatic N) is 3. The summed E-state index contributed by atoms with van der Waals surface area (Å²) in [6.07, 6.45) is 1.39. The van der Waals surface area contributed by atoms with Crippen molar-refractivity contribution in [1.82, 2.24) is 19.8 Å². The number of methoxy groups -OCH3 is 2. The summed E-state index contributed by atoms with van der Waals surface area (Å²) in [5.41, 5.74) is 0.350. The summed E-state index contributed by atoms with van der Waals surface area (Å²) in [5, 5.41) is 2.96. The second kappa shape index (κ2) is 9.91. The third-order valence-electron chi connectivity index (χ3n) is 6.09. The van der Waals surface area contributed by atoms with Crippen LogP contribution in [0.1, 0.15) is 39.0 Å². The molecule has 4 rings (SSSR count). The van der Waals surface area contributed by atoms with Crippen molar-refractivity contribution < 1.29 is 23.9 Å². The van der Waals surface area contributed by atoms with Gasteiger partial charge in [-0.05, 0) is 30.7 Å². The van der Waals surface area contributed by atoms with E-state index in [0.717, 1.165) is 10.0 Å². The molecule has 2 aromatic carbocycles. The molecule has 2 heterocycles. The first-order valence-corrected chi connectivity index (χ1v) is 11.7. The van der Waals surface area contributed by atoms with Crippen molar-refractivity contribution in [2.24, 2.45) is 0 Å².